The van der Waals surface area contributed by atoms with E-state index in [1.165, 1.54) is 18.4 Å². The first-order chi connectivity index (χ1) is 11.7. The van der Waals surface area contributed by atoms with Gasteiger partial charge in [0, 0.05) is 0 Å². The average Bonchev–Trinajstić information content (AvgIpc) is 3.48. The Labute approximate surface area is 149 Å². The van der Waals surface area contributed by atoms with Gasteiger partial charge in [0.15, 0.2) is 5.84 Å². The summed E-state index contributed by atoms with van der Waals surface area (Å²) < 4.78 is 6.05. The molecule has 0 radical (unpaired) electrons. The highest BCUT2D eigenvalue weighted by Crippen LogP contribution is 2.40. The summed E-state index contributed by atoms with van der Waals surface area (Å²) in [5.74, 6) is 1.90. The highest BCUT2D eigenvalue weighted by atomic mass is 79.9. The quantitative estimate of drug-likeness (QED) is 0.867. The molecular weight excluding hydrogens is 370 g/mol. The lowest BCUT2D eigenvalue weighted by atomic mass is 10.0. The van der Waals surface area contributed by atoms with Gasteiger partial charge in [-0.05, 0) is 57.9 Å². The van der Waals surface area contributed by atoms with Crippen LogP contribution in [0.15, 0.2) is 45.9 Å². The fraction of sp³-hybridized carbons (Fsp3) is 0.333. The Kier molecular flexibility index (Phi) is 4.24. The van der Waals surface area contributed by atoms with Crippen LogP contribution in [0.25, 0.3) is 0 Å². The SMILES string of the molecule is COc1nc(C2=NC(c3ccc(C4CC4)cc3)CON2)ccc1Br. The number of rotatable bonds is 4. The molecule has 1 N–H and O–H groups in total. The van der Waals surface area contributed by atoms with Crippen LogP contribution < -0.4 is 10.2 Å². The zero-order valence-electron chi connectivity index (χ0n) is 13.3. The van der Waals surface area contributed by atoms with Gasteiger partial charge in [0.2, 0.25) is 5.88 Å². The van der Waals surface area contributed by atoms with Gasteiger partial charge >= 0.3 is 0 Å². The molecule has 0 amide bonds. The highest BCUT2D eigenvalue weighted by Gasteiger charge is 2.24. The molecule has 4 rings (SSSR count). The molecule has 2 heterocycles. The van der Waals surface area contributed by atoms with Crippen molar-refractivity contribution in [2.75, 3.05) is 13.7 Å². The number of hydroxylamine groups is 1. The van der Waals surface area contributed by atoms with E-state index in [-0.39, 0.29) is 6.04 Å². The summed E-state index contributed by atoms with van der Waals surface area (Å²) in [4.78, 5) is 14.7. The summed E-state index contributed by atoms with van der Waals surface area (Å²) in [5.41, 5.74) is 6.13. The van der Waals surface area contributed by atoms with Crippen LogP contribution in [0.3, 0.4) is 0 Å². The largest absolute Gasteiger partial charge is 0.480 e. The summed E-state index contributed by atoms with van der Waals surface area (Å²) in [6.45, 7) is 0.500. The fourth-order valence-corrected chi connectivity index (χ4v) is 3.19. The highest BCUT2D eigenvalue weighted by molar-refractivity contribution is 9.10. The van der Waals surface area contributed by atoms with Gasteiger partial charge in [-0.2, -0.15) is 0 Å². The Morgan fingerprint density at radius 1 is 1.12 bits per heavy atom. The van der Waals surface area contributed by atoms with Gasteiger partial charge in [0.25, 0.3) is 0 Å². The average molecular weight is 388 g/mol. The van der Waals surface area contributed by atoms with Crippen molar-refractivity contribution in [1.29, 1.82) is 0 Å². The molecule has 1 saturated carbocycles. The lowest BCUT2D eigenvalue weighted by Crippen LogP contribution is -2.33. The van der Waals surface area contributed by atoms with Crippen LogP contribution in [0.2, 0.25) is 0 Å². The minimum Gasteiger partial charge on any atom is -0.480 e. The third-order valence-electron chi connectivity index (χ3n) is 4.31. The molecule has 24 heavy (non-hydrogen) atoms. The Morgan fingerprint density at radius 2 is 1.88 bits per heavy atom. The van der Waals surface area contributed by atoms with E-state index in [0.29, 0.717) is 24.0 Å². The molecule has 2 aliphatic rings. The maximum absolute atomic E-state index is 5.52. The van der Waals surface area contributed by atoms with Crippen LogP contribution in [0.4, 0.5) is 0 Å². The van der Waals surface area contributed by atoms with E-state index >= 15 is 0 Å². The minimum absolute atomic E-state index is 0.0362. The van der Waals surface area contributed by atoms with Crippen molar-refractivity contribution in [3.8, 4) is 5.88 Å². The topological polar surface area (TPSA) is 55.7 Å². The number of hydrogen-bond donors (Lipinski definition) is 1. The van der Waals surface area contributed by atoms with Gasteiger partial charge in [-0.15, -0.1) is 0 Å². The second-order valence-corrected chi connectivity index (χ2v) is 6.89. The molecule has 1 aliphatic carbocycles. The van der Waals surface area contributed by atoms with Crippen molar-refractivity contribution < 1.29 is 9.57 Å². The first-order valence-electron chi connectivity index (χ1n) is 8.01. The molecule has 1 aromatic carbocycles. The van der Waals surface area contributed by atoms with E-state index in [0.717, 1.165) is 16.0 Å². The normalized spacial score (nSPS) is 20.2. The summed E-state index contributed by atoms with van der Waals surface area (Å²) in [5, 5.41) is 0. The van der Waals surface area contributed by atoms with Crippen molar-refractivity contribution in [1.82, 2.24) is 10.5 Å². The molecule has 1 unspecified atom stereocenters. The van der Waals surface area contributed by atoms with Crippen molar-refractivity contribution in [2.24, 2.45) is 4.99 Å². The standard InChI is InChI=1S/C18H18BrN3O2/c1-23-18-14(19)8-9-15(21-18)17-20-16(10-24-22-17)13-6-4-12(5-7-13)11-2-3-11/h4-9,11,16H,2-3,10H2,1H3,(H,20,22). The number of nitrogens with one attached hydrogen (secondary N) is 1. The number of benzene rings is 1. The molecule has 6 heteroatoms. The van der Waals surface area contributed by atoms with Crippen LogP contribution in [0, 0.1) is 0 Å². The van der Waals surface area contributed by atoms with Crippen molar-refractivity contribution in [3.63, 3.8) is 0 Å². The molecule has 1 fully saturated rings. The maximum atomic E-state index is 5.52. The van der Waals surface area contributed by atoms with E-state index in [4.69, 9.17) is 14.6 Å². The lowest BCUT2D eigenvalue weighted by Gasteiger charge is -2.22. The summed E-state index contributed by atoms with van der Waals surface area (Å²) >= 11 is 3.41. The van der Waals surface area contributed by atoms with Crippen LogP contribution in [0.5, 0.6) is 5.88 Å². The molecule has 0 spiro atoms. The molecule has 0 bridgehead atoms. The Morgan fingerprint density at radius 3 is 2.58 bits per heavy atom. The van der Waals surface area contributed by atoms with Crippen LogP contribution >= 0.6 is 15.9 Å². The van der Waals surface area contributed by atoms with E-state index < -0.39 is 0 Å². The molecular formula is C18H18BrN3O2. The number of nitrogens with zero attached hydrogens (tertiary/aromatic N) is 2. The van der Waals surface area contributed by atoms with Crippen LogP contribution in [0.1, 0.15) is 41.6 Å². The fourth-order valence-electron chi connectivity index (χ4n) is 2.80. The van der Waals surface area contributed by atoms with Gasteiger partial charge in [0.1, 0.15) is 18.3 Å². The van der Waals surface area contributed by atoms with Gasteiger partial charge in [0.05, 0.1) is 11.6 Å². The second kappa shape index (κ2) is 6.53. The number of amidine groups is 1. The number of ether oxygens (including phenoxy) is 1. The first-order valence-corrected chi connectivity index (χ1v) is 8.80. The van der Waals surface area contributed by atoms with E-state index in [1.807, 2.05) is 12.1 Å². The predicted molar refractivity (Wildman–Crippen MR) is 95.3 cm³/mol. The molecule has 1 atom stereocenters. The van der Waals surface area contributed by atoms with Crippen molar-refractivity contribution in [2.45, 2.75) is 24.8 Å². The Bertz CT molecular complexity index is 772. The molecule has 2 aromatic rings. The Balaban J connectivity index is 1.60. The lowest BCUT2D eigenvalue weighted by molar-refractivity contribution is 0.0620. The monoisotopic (exact) mass is 387 g/mol. The minimum atomic E-state index is -0.0362. The number of hydrogen-bond acceptors (Lipinski definition) is 5. The zero-order valence-corrected chi connectivity index (χ0v) is 14.9. The van der Waals surface area contributed by atoms with Gasteiger partial charge in [-0.3, -0.25) is 9.83 Å². The third-order valence-corrected chi connectivity index (χ3v) is 4.92. The smallest absolute Gasteiger partial charge is 0.228 e. The van der Waals surface area contributed by atoms with Gasteiger partial charge in [-0.1, -0.05) is 24.3 Å². The number of methoxy groups -OCH3 is 1. The summed E-state index contributed by atoms with van der Waals surface area (Å²) in [6.07, 6.45) is 2.63. The number of halogens is 1. The van der Waals surface area contributed by atoms with E-state index in [2.05, 4.69) is 50.7 Å². The van der Waals surface area contributed by atoms with Crippen LogP contribution in [-0.4, -0.2) is 24.5 Å². The van der Waals surface area contributed by atoms with Gasteiger partial charge in [-0.25, -0.2) is 10.5 Å². The Hall–Kier alpha value is -1.92. The molecule has 0 saturated heterocycles. The molecule has 1 aromatic heterocycles. The molecule has 5 nitrogen and oxygen atoms in total. The van der Waals surface area contributed by atoms with Crippen LogP contribution in [-0.2, 0) is 4.84 Å². The van der Waals surface area contributed by atoms with E-state index in [9.17, 15) is 0 Å². The van der Waals surface area contributed by atoms with Gasteiger partial charge < -0.3 is 4.74 Å². The molecule has 124 valence electrons. The van der Waals surface area contributed by atoms with Crippen molar-refractivity contribution >= 4 is 21.8 Å². The maximum Gasteiger partial charge on any atom is 0.228 e. The van der Waals surface area contributed by atoms with Crippen molar-refractivity contribution in [3.05, 3.63) is 57.7 Å². The second-order valence-electron chi connectivity index (χ2n) is 6.04. The summed E-state index contributed by atoms with van der Waals surface area (Å²) in [7, 11) is 1.59. The third kappa shape index (κ3) is 3.16. The number of aliphatic imine (C=N–C) groups is 1. The predicted octanol–water partition coefficient (Wildman–Crippen LogP) is 3.75. The molecule has 1 aliphatic heterocycles. The number of aromatic nitrogens is 1. The first kappa shape index (κ1) is 15.6. The zero-order chi connectivity index (χ0) is 16.5. The number of pyridine rings is 1. The summed E-state index contributed by atoms with van der Waals surface area (Å²) in [6, 6.07) is 12.5. The van der Waals surface area contributed by atoms with E-state index in [1.54, 1.807) is 7.11 Å².